The molecule has 0 unspecified atom stereocenters. The Bertz CT molecular complexity index is 1850. The SMILES string of the molecule is Cc1ccc(C(=O)[C@@H]2[C@H](C(=O)c3cccc([N+](=O)[O-])c3)[C@]3(C(=O)Nc4ccccc43)[C@H]3c4ccccc4C=CN23)cc1. The minimum atomic E-state index is -1.50. The Kier molecular flexibility index (Phi) is 5.69. The Balaban J connectivity index is 1.53. The van der Waals surface area contributed by atoms with Gasteiger partial charge in [-0.25, -0.2) is 0 Å². The molecule has 0 radical (unpaired) electrons. The lowest BCUT2D eigenvalue weighted by atomic mass is 9.62. The first-order chi connectivity index (χ1) is 20.3. The lowest BCUT2D eigenvalue weighted by Crippen LogP contribution is -2.49. The molecule has 0 aliphatic carbocycles. The van der Waals surface area contributed by atoms with Gasteiger partial charge in [-0.3, -0.25) is 24.5 Å². The van der Waals surface area contributed by atoms with E-state index in [9.17, 15) is 24.5 Å². The zero-order valence-corrected chi connectivity index (χ0v) is 22.6. The molecule has 3 aliphatic rings. The van der Waals surface area contributed by atoms with Crippen molar-refractivity contribution in [3.8, 4) is 0 Å². The zero-order chi connectivity index (χ0) is 29.2. The van der Waals surface area contributed by atoms with E-state index < -0.39 is 34.1 Å². The van der Waals surface area contributed by atoms with Gasteiger partial charge in [-0.05, 0) is 35.8 Å². The lowest BCUT2D eigenvalue weighted by Gasteiger charge is -2.38. The molecule has 4 aromatic rings. The largest absolute Gasteiger partial charge is 0.358 e. The van der Waals surface area contributed by atoms with Crippen molar-refractivity contribution in [3.05, 3.63) is 147 Å². The van der Waals surface area contributed by atoms with Gasteiger partial charge in [0, 0.05) is 35.1 Å². The van der Waals surface area contributed by atoms with Crippen molar-refractivity contribution in [2.45, 2.75) is 24.4 Å². The summed E-state index contributed by atoms with van der Waals surface area (Å²) in [7, 11) is 0. The van der Waals surface area contributed by atoms with Crippen molar-refractivity contribution in [1.82, 2.24) is 4.90 Å². The Morgan fingerprint density at radius 2 is 1.62 bits per heavy atom. The molecule has 0 aromatic heterocycles. The molecule has 1 N–H and O–H groups in total. The summed E-state index contributed by atoms with van der Waals surface area (Å²) in [5.41, 5.74) is 2.64. The Morgan fingerprint density at radius 3 is 2.40 bits per heavy atom. The van der Waals surface area contributed by atoms with E-state index in [0.717, 1.165) is 16.7 Å². The Morgan fingerprint density at radius 1 is 0.881 bits per heavy atom. The summed E-state index contributed by atoms with van der Waals surface area (Å²) in [5.74, 6) is -2.39. The highest BCUT2D eigenvalue weighted by molar-refractivity contribution is 6.16. The van der Waals surface area contributed by atoms with Gasteiger partial charge in [0.2, 0.25) is 5.91 Å². The number of benzene rings is 4. The van der Waals surface area contributed by atoms with E-state index in [1.54, 1.807) is 24.4 Å². The normalized spacial score (nSPS) is 23.2. The average molecular weight is 556 g/mol. The number of aryl methyl sites for hydroxylation is 1. The van der Waals surface area contributed by atoms with Crippen LogP contribution >= 0.6 is 0 Å². The molecule has 42 heavy (non-hydrogen) atoms. The number of para-hydroxylation sites is 1. The van der Waals surface area contributed by atoms with Crippen LogP contribution in [-0.4, -0.2) is 33.3 Å². The third kappa shape index (κ3) is 3.51. The van der Waals surface area contributed by atoms with Gasteiger partial charge >= 0.3 is 0 Å². The maximum Gasteiger partial charge on any atom is 0.270 e. The Labute approximate surface area is 241 Å². The van der Waals surface area contributed by atoms with Gasteiger partial charge in [0.05, 0.1) is 16.9 Å². The fourth-order valence-corrected chi connectivity index (χ4v) is 7.01. The number of amides is 1. The standard InChI is InChI=1S/C34H25N3O5/c1-20-13-15-22(16-14-20)31(39)29-28(30(38)23-8-6-9-24(19-23)37(41)42)34(26-11-4-5-12-27(26)35-33(34)40)32-25-10-3-2-7-21(25)17-18-36(29)32/h2-19,28-29,32H,1H3,(H,35,40)/t28-,29+,32-,34+/m1/s1. The van der Waals surface area contributed by atoms with E-state index in [0.29, 0.717) is 16.8 Å². The molecular weight excluding hydrogens is 530 g/mol. The van der Waals surface area contributed by atoms with Gasteiger partial charge < -0.3 is 10.2 Å². The Hall–Kier alpha value is -5.37. The van der Waals surface area contributed by atoms with E-state index in [4.69, 9.17) is 0 Å². The van der Waals surface area contributed by atoms with E-state index in [2.05, 4.69) is 5.32 Å². The fourth-order valence-electron chi connectivity index (χ4n) is 7.01. The molecule has 4 atom stereocenters. The molecule has 8 heteroatoms. The number of anilines is 1. The number of nitrogens with zero attached hydrogens (tertiary/aromatic N) is 2. The van der Waals surface area contributed by atoms with Crippen LogP contribution in [0.2, 0.25) is 0 Å². The van der Waals surface area contributed by atoms with Crippen molar-refractivity contribution in [3.63, 3.8) is 0 Å². The second kappa shape index (κ2) is 9.34. The lowest BCUT2D eigenvalue weighted by molar-refractivity contribution is -0.384. The quantitative estimate of drug-likeness (QED) is 0.187. The first-order valence-electron chi connectivity index (χ1n) is 13.7. The molecule has 1 fully saturated rings. The third-order valence-electron chi connectivity index (χ3n) is 8.80. The predicted molar refractivity (Wildman–Crippen MR) is 157 cm³/mol. The summed E-state index contributed by atoms with van der Waals surface area (Å²) in [6.07, 6.45) is 3.70. The minimum Gasteiger partial charge on any atom is -0.358 e. The number of carbonyl (C=O) groups excluding carboxylic acids is 3. The van der Waals surface area contributed by atoms with E-state index in [1.165, 1.54) is 24.3 Å². The van der Waals surface area contributed by atoms with Gasteiger partial charge in [0.15, 0.2) is 11.6 Å². The second-order valence-electron chi connectivity index (χ2n) is 11.0. The monoisotopic (exact) mass is 555 g/mol. The minimum absolute atomic E-state index is 0.0737. The van der Waals surface area contributed by atoms with Crippen molar-refractivity contribution < 1.29 is 19.3 Å². The molecule has 0 saturated carbocycles. The van der Waals surface area contributed by atoms with Gasteiger partial charge in [0.25, 0.3) is 5.69 Å². The number of fused-ring (bicyclic) bond motifs is 6. The first kappa shape index (κ1) is 25.6. The number of rotatable bonds is 5. The van der Waals surface area contributed by atoms with Crippen molar-refractivity contribution >= 4 is 34.9 Å². The molecule has 1 saturated heterocycles. The highest BCUT2D eigenvalue weighted by Crippen LogP contribution is 2.62. The molecule has 1 spiro atoms. The molecule has 3 heterocycles. The maximum atomic E-state index is 14.8. The molecule has 1 amide bonds. The summed E-state index contributed by atoms with van der Waals surface area (Å²) in [6, 6.07) is 25.8. The van der Waals surface area contributed by atoms with Crippen molar-refractivity contribution in [2.75, 3.05) is 5.32 Å². The van der Waals surface area contributed by atoms with E-state index in [-0.39, 0.29) is 22.9 Å². The van der Waals surface area contributed by atoms with Gasteiger partial charge in [-0.15, -0.1) is 0 Å². The van der Waals surface area contributed by atoms with Crippen LogP contribution in [0.1, 0.15) is 49.0 Å². The van der Waals surface area contributed by atoms with Crippen LogP contribution in [0.15, 0.2) is 103 Å². The summed E-state index contributed by atoms with van der Waals surface area (Å²) >= 11 is 0. The number of Topliss-reactive ketones (excluding diaryl/α,β-unsaturated/α-hetero) is 2. The van der Waals surface area contributed by atoms with Crippen LogP contribution in [0.5, 0.6) is 0 Å². The van der Waals surface area contributed by atoms with Crippen LogP contribution in [0, 0.1) is 23.0 Å². The van der Waals surface area contributed by atoms with E-state index in [1.807, 2.05) is 72.5 Å². The van der Waals surface area contributed by atoms with Gasteiger partial charge in [-0.2, -0.15) is 0 Å². The molecule has 7 rings (SSSR count). The van der Waals surface area contributed by atoms with Gasteiger partial charge in [-0.1, -0.05) is 84.4 Å². The highest BCUT2D eigenvalue weighted by atomic mass is 16.6. The number of nitrogens with one attached hydrogen (secondary N) is 1. The van der Waals surface area contributed by atoms with Crippen LogP contribution in [0.4, 0.5) is 11.4 Å². The summed E-state index contributed by atoms with van der Waals surface area (Å²) in [5, 5.41) is 14.7. The maximum absolute atomic E-state index is 14.8. The number of hydrogen-bond donors (Lipinski definition) is 1. The predicted octanol–water partition coefficient (Wildman–Crippen LogP) is 5.88. The van der Waals surface area contributed by atoms with Crippen molar-refractivity contribution in [2.24, 2.45) is 5.92 Å². The zero-order valence-electron chi connectivity index (χ0n) is 22.6. The van der Waals surface area contributed by atoms with Crippen LogP contribution in [-0.2, 0) is 10.2 Å². The molecule has 4 aromatic carbocycles. The number of carbonyl (C=O) groups is 3. The topological polar surface area (TPSA) is 110 Å². The van der Waals surface area contributed by atoms with E-state index >= 15 is 0 Å². The number of hydrogen-bond acceptors (Lipinski definition) is 6. The first-order valence-corrected chi connectivity index (χ1v) is 13.7. The highest BCUT2D eigenvalue weighted by Gasteiger charge is 2.70. The molecule has 0 bridgehead atoms. The van der Waals surface area contributed by atoms with Crippen LogP contribution in [0.3, 0.4) is 0 Å². The number of nitro benzene ring substituents is 1. The molecule has 8 nitrogen and oxygen atoms in total. The number of non-ortho nitro benzene ring substituents is 1. The van der Waals surface area contributed by atoms with Gasteiger partial charge in [0.1, 0.15) is 11.5 Å². The summed E-state index contributed by atoms with van der Waals surface area (Å²) < 4.78 is 0. The number of ketones is 2. The average Bonchev–Trinajstić information content (AvgIpc) is 3.49. The van der Waals surface area contributed by atoms with Crippen molar-refractivity contribution in [1.29, 1.82) is 0 Å². The fraction of sp³-hybridized carbons (Fsp3) is 0.147. The number of nitro groups is 1. The third-order valence-corrected chi connectivity index (χ3v) is 8.80. The second-order valence-corrected chi connectivity index (χ2v) is 11.0. The van der Waals surface area contributed by atoms with Crippen LogP contribution < -0.4 is 5.32 Å². The smallest absolute Gasteiger partial charge is 0.270 e. The molecule has 206 valence electrons. The summed E-state index contributed by atoms with van der Waals surface area (Å²) in [6.45, 7) is 1.92. The summed E-state index contributed by atoms with van der Waals surface area (Å²) in [4.78, 5) is 56.7. The molecule has 3 aliphatic heterocycles. The van der Waals surface area contributed by atoms with Crippen LogP contribution in [0.25, 0.3) is 6.08 Å². The molecular formula is C34H25N3O5.